The van der Waals surface area contributed by atoms with Crippen molar-refractivity contribution in [1.82, 2.24) is 4.90 Å². The van der Waals surface area contributed by atoms with Crippen LogP contribution >= 0.6 is 0 Å². The fourth-order valence-electron chi connectivity index (χ4n) is 3.94. The van der Waals surface area contributed by atoms with E-state index in [2.05, 4.69) is 24.3 Å². The minimum Gasteiger partial charge on any atom is -0.369 e. The van der Waals surface area contributed by atoms with Crippen LogP contribution in [0.15, 0.2) is 96.0 Å². The van der Waals surface area contributed by atoms with Gasteiger partial charge in [-0.3, -0.25) is 9.69 Å². The number of rotatable bonds is 7. The van der Waals surface area contributed by atoms with Gasteiger partial charge in [0.2, 0.25) is 0 Å². The molecule has 0 atom stereocenters. The molecule has 0 aromatic heterocycles. The Balaban J connectivity index is 1.55. The Morgan fingerprint density at radius 3 is 1.83 bits per heavy atom. The van der Waals surface area contributed by atoms with Gasteiger partial charge in [-0.2, -0.15) is 0 Å². The molecule has 146 valence electrons. The Labute approximate surface area is 171 Å². The monoisotopic (exact) mass is 383 g/mol. The number of hydrogen-bond donors (Lipinski definition) is 1. The van der Waals surface area contributed by atoms with Crippen LogP contribution in [0.4, 0.5) is 0 Å². The third kappa shape index (κ3) is 3.66. The summed E-state index contributed by atoms with van der Waals surface area (Å²) in [6, 6.07) is 29.8. The molecule has 4 nitrogen and oxygen atoms in total. The van der Waals surface area contributed by atoms with Crippen molar-refractivity contribution < 1.29 is 4.79 Å². The molecular formula is C25H25N3O. The summed E-state index contributed by atoms with van der Waals surface area (Å²) in [7, 11) is 0. The third-order valence-electron chi connectivity index (χ3n) is 5.44. The number of amides is 1. The first-order valence-corrected chi connectivity index (χ1v) is 10.0. The molecule has 2 N–H and O–H groups in total. The number of nitrogens with two attached hydrogens (primary N) is 1. The standard InChI is InChI=1S/C25H25N3O/c26-24-27-25(21-15-6-2-7-16-21,22-17-8-3-9-18-22)23(29)28(24)19-11-10-14-20-12-4-1-5-13-20/h1-9,12-13,15-18H,10-11,14,19H2,(H2,26,27). The van der Waals surface area contributed by atoms with Crippen molar-refractivity contribution in [3.63, 3.8) is 0 Å². The Morgan fingerprint density at radius 1 is 0.759 bits per heavy atom. The first kappa shape index (κ1) is 18.9. The normalized spacial score (nSPS) is 15.4. The van der Waals surface area contributed by atoms with Crippen LogP contribution in [0.2, 0.25) is 0 Å². The zero-order valence-electron chi connectivity index (χ0n) is 16.4. The molecule has 1 heterocycles. The largest absolute Gasteiger partial charge is 0.369 e. The molecule has 0 fully saturated rings. The van der Waals surface area contributed by atoms with Crippen molar-refractivity contribution in [2.45, 2.75) is 24.8 Å². The van der Waals surface area contributed by atoms with Gasteiger partial charge in [-0.1, -0.05) is 91.0 Å². The average Bonchev–Trinajstić information content (AvgIpc) is 3.04. The van der Waals surface area contributed by atoms with Crippen LogP contribution in [0, 0.1) is 0 Å². The van der Waals surface area contributed by atoms with Crippen LogP contribution in [0.25, 0.3) is 0 Å². The third-order valence-corrected chi connectivity index (χ3v) is 5.44. The summed E-state index contributed by atoms with van der Waals surface area (Å²) in [6.45, 7) is 0.572. The predicted octanol–water partition coefficient (Wildman–Crippen LogP) is 4.11. The molecule has 3 aromatic rings. The lowest BCUT2D eigenvalue weighted by Gasteiger charge is -2.27. The van der Waals surface area contributed by atoms with Crippen molar-refractivity contribution in [2.24, 2.45) is 10.7 Å². The van der Waals surface area contributed by atoms with Crippen LogP contribution in [-0.4, -0.2) is 23.3 Å². The zero-order chi connectivity index (χ0) is 20.1. The maximum Gasteiger partial charge on any atom is 0.266 e. The van der Waals surface area contributed by atoms with E-state index in [9.17, 15) is 4.79 Å². The molecule has 0 radical (unpaired) electrons. The van der Waals surface area contributed by atoms with E-state index in [4.69, 9.17) is 10.7 Å². The van der Waals surface area contributed by atoms with E-state index >= 15 is 0 Å². The highest BCUT2D eigenvalue weighted by atomic mass is 16.2. The van der Waals surface area contributed by atoms with Gasteiger partial charge in [-0.25, -0.2) is 4.99 Å². The fraction of sp³-hybridized carbons (Fsp3) is 0.200. The summed E-state index contributed by atoms with van der Waals surface area (Å²) in [5, 5.41) is 0. The van der Waals surface area contributed by atoms with E-state index < -0.39 is 5.54 Å². The number of carbonyl (C=O) groups is 1. The smallest absolute Gasteiger partial charge is 0.266 e. The molecule has 0 unspecified atom stereocenters. The van der Waals surface area contributed by atoms with E-state index in [0.717, 1.165) is 30.4 Å². The summed E-state index contributed by atoms with van der Waals surface area (Å²) < 4.78 is 0. The van der Waals surface area contributed by atoms with Crippen LogP contribution in [0.5, 0.6) is 0 Å². The second-order valence-corrected chi connectivity index (χ2v) is 7.31. The fourth-order valence-corrected chi connectivity index (χ4v) is 3.94. The van der Waals surface area contributed by atoms with Gasteiger partial charge in [-0.05, 0) is 36.0 Å². The molecule has 0 spiro atoms. The highest BCUT2D eigenvalue weighted by molar-refractivity contribution is 6.09. The SMILES string of the molecule is NC1=NC(c2ccccc2)(c2ccccc2)C(=O)N1CCCCc1ccccc1. The van der Waals surface area contributed by atoms with Crippen molar-refractivity contribution in [1.29, 1.82) is 0 Å². The number of benzene rings is 3. The molecule has 29 heavy (non-hydrogen) atoms. The number of carbonyl (C=O) groups excluding carboxylic acids is 1. The second-order valence-electron chi connectivity index (χ2n) is 7.31. The maximum absolute atomic E-state index is 13.6. The van der Waals surface area contributed by atoms with Gasteiger partial charge in [-0.15, -0.1) is 0 Å². The minimum atomic E-state index is -1.11. The van der Waals surface area contributed by atoms with E-state index in [1.807, 2.05) is 66.7 Å². The molecule has 1 amide bonds. The van der Waals surface area contributed by atoms with Gasteiger partial charge in [0.1, 0.15) is 0 Å². The number of unbranched alkanes of at least 4 members (excludes halogenated alkanes) is 1. The molecule has 4 heteroatoms. The molecule has 0 aliphatic carbocycles. The number of hydrogen-bond acceptors (Lipinski definition) is 3. The van der Waals surface area contributed by atoms with Crippen LogP contribution in [-0.2, 0) is 16.8 Å². The number of guanidine groups is 1. The van der Waals surface area contributed by atoms with Crippen molar-refractivity contribution >= 4 is 11.9 Å². The zero-order valence-corrected chi connectivity index (χ0v) is 16.4. The van der Waals surface area contributed by atoms with Crippen LogP contribution in [0.3, 0.4) is 0 Å². The average molecular weight is 383 g/mol. The molecule has 4 rings (SSSR count). The van der Waals surface area contributed by atoms with E-state index in [0.29, 0.717) is 12.5 Å². The van der Waals surface area contributed by atoms with Crippen molar-refractivity contribution in [3.05, 3.63) is 108 Å². The molecular weight excluding hydrogens is 358 g/mol. The van der Waals surface area contributed by atoms with E-state index in [1.54, 1.807) is 4.90 Å². The van der Waals surface area contributed by atoms with Gasteiger partial charge < -0.3 is 5.73 Å². The molecule has 3 aromatic carbocycles. The van der Waals surface area contributed by atoms with Crippen molar-refractivity contribution in [3.8, 4) is 0 Å². The predicted molar refractivity (Wildman–Crippen MR) is 116 cm³/mol. The van der Waals surface area contributed by atoms with Gasteiger partial charge in [0, 0.05) is 6.54 Å². The van der Waals surface area contributed by atoms with E-state index in [-0.39, 0.29) is 5.91 Å². The highest BCUT2D eigenvalue weighted by Gasteiger charge is 2.50. The second kappa shape index (κ2) is 8.31. The lowest BCUT2D eigenvalue weighted by molar-refractivity contribution is -0.130. The molecule has 0 saturated heterocycles. The number of aryl methyl sites for hydroxylation is 1. The Hall–Kier alpha value is -3.40. The first-order chi connectivity index (χ1) is 14.2. The van der Waals surface area contributed by atoms with Gasteiger partial charge in [0.15, 0.2) is 11.5 Å². The minimum absolute atomic E-state index is 0.0767. The summed E-state index contributed by atoms with van der Waals surface area (Å²) >= 11 is 0. The summed E-state index contributed by atoms with van der Waals surface area (Å²) in [5.41, 5.74) is 8.15. The van der Waals surface area contributed by atoms with Gasteiger partial charge in [0.05, 0.1) is 0 Å². The molecule has 1 aliphatic rings. The molecule has 0 saturated carbocycles. The highest BCUT2D eigenvalue weighted by Crippen LogP contribution is 2.39. The first-order valence-electron chi connectivity index (χ1n) is 10.0. The summed E-state index contributed by atoms with van der Waals surface area (Å²) in [6.07, 6.45) is 2.85. The molecule has 1 aliphatic heterocycles. The van der Waals surface area contributed by atoms with Crippen LogP contribution in [0.1, 0.15) is 29.5 Å². The maximum atomic E-state index is 13.6. The number of nitrogens with zero attached hydrogens (tertiary/aromatic N) is 2. The lowest BCUT2D eigenvalue weighted by atomic mass is 9.83. The summed E-state index contributed by atoms with van der Waals surface area (Å²) in [5.74, 6) is 0.217. The van der Waals surface area contributed by atoms with Crippen LogP contribution < -0.4 is 5.73 Å². The number of aliphatic imine (C=N–C) groups is 1. The Morgan fingerprint density at radius 2 is 1.28 bits per heavy atom. The topological polar surface area (TPSA) is 58.7 Å². The summed E-state index contributed by atoms with van der Waals surface area (Å²) in [4.78, 5) is 20.0. The molecule has 0 bridgehead atoms. The Kier molecular flexibility index (Phi) is 5.43. The van der Waals surface area contributed by atoms with E-state index in [1.165, 1.54) is 5.56 Å². The quantitative estimate of drug-likeness (QED) is 0.624. The lowest BCUT2D eigenvalue weighted by Crippen LogP contribution is -2.44. The van der Waals surface area contributed by atoms with Gasteiger partial charge >= 0.3 is 0 Å². The van der Waals surface area contributed by atoms with Gasteiger partial charge in [0.25, 0.3) is 5.91 Å². The Bertz CT molecular complexity index is 945. The van der Waals surface area contributed by atoms with Crippen molar-refractivity contribution in [2.75, 3.05) is 6.54 Å².